The third-order valence-corrected chi connectivity index (χ3v) is 4.20. The van der Waals surface area contributed by atoms with Crippen molar-refractivity contribution < 1.29 is 4.74 Å². The van der Waals surface area contributed by atoms with Crippen LogP contribution < -0.4 is 15.6 Å². The predicted octanol–water partition coefficient (Wildman–Crippen LogP) is 3.18. The van der Waals surface area contributed by atoms with Gasteiger partial charge in [0, 0.05) is 12.1 Å². The van der Waals surface area contributed by atoms with Crippen LogP contribution in [0.4, 0.5) is 0 Å². The zero-order chi connectivity index (χ0) is 16.9. The average molecular weight is 322 g/mol. The summed E-state index contributed by atoms with van der Waals surface area (Å²) < 4.78 is 5.23. The number of nitrogens with one attached hydrogen (secondary N) is 2. The molecule has 2 aromatic carbocycles. The van der Waals surface area contributed by atoms with Crippen LogP contribution in [0.3, 0.4) is 0 Å². The normalized spacial score (nSPS) is 10.9. The summed E-state index contributed by atoms with van der Waals surface area (Å²) in [5.74, 6) is 0.869. The Kier molecular flexibility index (Phi) is 4.96. The largest absolute Gasteiger partial charge is 0.497 e. The molecule has 2 N–H and O–H groups in total. The minimum atomic E-state index is -0.0225. The highest BCUT2D eigenvalue weighted by atomic mass is 16.5. The molecule has 1 heterocycles. The first-order chi connectivity index (χ1) is 11.7. The summed E-state index contributed by atoms with van der Waals surface area (Å²) in [4.78, 5) is 15.2. The predicted molar refractivity (Wildman–Crippen MR) is 97.7 cm³/mol. The molecular formula is C20H22N2O2. The SMILES string of the molecule is COc1cccc(CCNCc2cc3cccc(C)c3[nH]c2=O)c1. The molecule has 0 aliphatic heterocycles. The van der Waals surface area contributed by atoms with Crippen molar-refractivity contribution in [2.24, 2.45) is 0 Å². The smallest absolute Gasteiger partial charge is 0.252 e. The van der Waals surface area contributed by atoms with Gasteiger partial charge >= 0.3 is 0 Å². The van der Waals surface area contributed by atoms with Crippen LogP contribution >= 0.6 is 0 Å². The lowest BCUT2D eigenvalue weighted by atomic mass is 10.1. The van der Waals surface area contributed by atoms with Crippen LogP contribution in [0.5, 0.6) is 5.75 Å². The summed E-state index contributed by atoms with van der Waals surface area (Å²) in [6, 6.07) is 16.1. The van der Waals surface area contributed by atoms with E-state index in [-0.39, 0.29) is 5.56 Å². The number of para-hydroxylation sites is 1. The van der Waals surface area contributed by atoms with Crippen molar-refractivity contribution in [2.75, 3.05) is 13.7 Å². The first kappa shape index (κ1) is 16.3. The van der Waals surface area contributed by atoms with E-state index in [0.717, 1.165) is 40.7 Å². The van der Waals surface area contributed by atoms with Crippen LogP contribution in [0.1, 0.15) is 16.7 Å². The topological polar surface area (TPSA) is 54.1 Å². The molecule has 4 nitrogen and oxygen atoms in total. The molecule has 0 atom stereocenters. The Morgan fingerprint density at radius 3 is 2.79 bits per heavy atom. The maximum Gasteiger partial charge on any atom is 0.252 e. The second kappa shape index (κ2) is 7.32. The van der Waals surface area contributed by atoms with E-state index < -0.39 is 0 Å². The molecule has 24 heavy (non-hydrogen) atoms. The van der Waals surface area contributed by atoms with Gasteiger partial charge in [-0.1, -0.05) is 30.3 Å². The molecule has 0 bridgehead atoms. The van der Waals surface area contributed by atoms with Crippen LogP contribution in [-0.4, -0.2) is 18.6 Å². The Morgan fingerprint density at radius 2 is 1.96 bits per heavy atom. The second-order valence-corrected chi connectivity index (χ2v) is 5.94. The lowest BCUT2D eigenvalue weighted by molar-refractivity contribution is 0.414. The van der Waals surface area contributed by atoms with Crippen LogP contribution in [0.2, 0.25) is 0 Å². The van der Waals surface area contributed by atoms with Gasteiger partial charge in [0.1, 0.15) is 5.75 Å². The number of fused-ring (bicyclic) bond motifs is 1. The van der Waals surface area contributed by atoms with Crippen LogP contribution in [0.25, 0.3) is 10.9 Å². The van der Waals surface area contributed by atoms with Gasteiger partial charge < -0.3 is 15.0 Å². The number of rotatable bonds is 6. The molecule has 0 saturated carbocycles. The highest BCUT2D eigenvalue weighted by molar-refractivity contribution is 5.81. The molecule has 0 spiro atoms. The minimum Gasteiger partial charge on any atom is -0.497 e. The number of aryl methyl sites for hydroxylation is 1. The highest BCUT2D eigenvalue weighted by Crippen LogP contribution is 2.15. The van der Waals surface area contributed by atoms with Gasteiger partial charge in [-0.15, -0.1) is 0 Å². The van der Waals surface area contributed by atoms with E-state index >= 15 is 0 Å². The highest BCUT2D eigenvalue weighted by Gasteiger charge is 2.04. The van der Waals surface area contributed by atoms with Gasteiger partial charge in [0.15, 0.2) is 0 Å². The molecule has 3 aromatic rings. The Bertz CT molecular complexity index is 900. The van der Waals surface area contributed by atoms with Gasteiger partial charge in [0.25, 0.3) is 5.56 Å². The number of hydrogen-bond donors (Lipinski definition) is 2. The lowest BCUT2D eigenvalue weighted by Crippen LogP contribution is -2.22. The molecule has 0 aliphatic rings. The van der Waals surface area contributed by atoms with E-state index in [2.05, 4.69) is 16.4 Å². The molecule has 0 unspecified atom stereocenters. The Balaban J connectivity index is 1.63. The van der Waals surface area contributed by atoms with E-state index in [4.69, 9.17) is 4.74 Å². The summed E-state index contributed by atoms with van der Waals surface area (Å²) in [5.41, 5.74) is 3.96. The molecule has 124 valence electrons. The van der Waals surface area contributed by atoms with E-state index in [9.17, 15) is 4.79 Å². The molecule has 0 amide bonds. The summed E-state index contributed by atoms with van der Waals surface area (Å²) in [6.45, 7) is 3.37. The zero-order valence-corrected chi connectivity index (χ0v) is 14.1. The van der Waals surface area contributed by atoms with Crippen molar-refractivity contribution in [1.29, 1.82) is 0 Å². The number of benzene rings is 2. The van der Waals surface area contributed by atoms with Gasteiger partial charge in [-0.25, -0.2) is 0 Å². The van der Waals surface area contributed by atoms with Gasteiger partial charge in [-0.3, -0.25) is 4.79 Å². The van der Waals surface area contributed by atoms with Crippen molar-refractivity contribution in [2.45, 2.75) is 19.9 Å². The van der Waals surface area contributed by atoms with Crippen LogP contribution in [-0.2, 0) is 13.0 Å². The van der Waals surface area contributed by atoms with Crippen molar-refractivity contribution >= 4 is 10.9 Å². The molecule has 4 heteroatoms. The number of hydrogen-bond acceptors (Lipinski definition) is 3. The van der Waals surface area contributed by atoms with E-state index in [1.54, 1.807) is 7.11 Å². The lowest BCUT2D eigenvalue weighted by Gasteiger charge is -2.08. The third-order valence-electron chi connectivity index (χ3n) is 4.20. The van der Waals surface area contributed by atoms with Gasteiger partial charge in [0.2, 0.25) is 0 Å². The monoisotopic (exact) mass is 322 g/mol. The minimum absolute atomic E-state index is 0.0225. The summed E-state index contributed by atoms with van der Waals surface area (Å²) >= 11 is 0. The Hall–Kier alpha value is -2.59. The number of pyridine rings is 1. The van der Waals surface area contributed by atoms with E-state index in [1.807, 2.05) is 49.4 Å². The number of H-pyrrole nitrogens is 1. The fourth-order valence-corrected chi connectivity index (χ4v) is 2.84. The van der Waals surface area contributed by atoms with Crippen molar-refractivity contribution in [3.63, 3.8) is 0 Å². The summed E-state index contributed by atoms with van der Waals surface area (Å²) in [6.07, 6.45) is 0.891. The molecule has 0 saturated heterocycles. The molecule has 3 rings (SSSR count). The first-order valence-electron chi connectivity index (χ1n) is 8.12. The molecule has 0 fully saturated rings. The fourth-order valence-electron chi connectivity index (χ4n) is 2.84. The summed E-state index contributed by atoms with van der Waals surface area (Å²) in [5, 5.41) is 4.42. The quantitative estimate of drug-likeness (QED) is 0.685. The standard InChI is InChI=1S/C20H22N2O2/c1-14-5-3-7-16-12-17(20(23)22-19(14)16)13-21-10-9-15-6-4-8-18(11-15)24-2/h3-8,11-12,21H,9-10,13H2,1-2H3,(H,22,23). The molecular weight excluding hydrogens is 300 g/mol. The number of ether oxygens (including phenoxy) is 1. The van der Waals surface area contributed by atoms with Gasteiger partial charge in [0.05, 0.1) is 12.6 Å². The Morgan fingerprint density at radius 1 is 1.12 bits per heavy atom. The maximum atomic E-state index is 12.2. The number of aromatic nitrogens is 1. The average Bonchev–Trinajstić information content (AvgIpc) is 2.60. The van der Waals surface area contributed by atoms with Crippen molar-refractivity contribution in [3.05, 3.63) is 75.6 Å². The second-order valence-electron chi connectivity index (χ2n) is 5.94. The molecule has 0 aliphatic carbocycles. The van der Waals surface area contributed by atoms with Crippen LogP contribution in [0, 0.1) is 6.92 Å². The van der Waals surface area contributed by atoms with E-state index in [0.29, 0.717) is 6.54 Å². The zero-order valence-electron chi connectivity index (χ0n) is 14.1. The summed E-state index contributed by atoms with van der Waals surface area (Å²) in [7, 11) is 1.67. The van der Waals surface area contributed by atoms with Gasteiger partial charge in [-0.2, -0.15) is 0 Å². The maximum absolute atomic E-state index is 12.2. The fraction of sp³-hybridized carbons (Fsp3) is 0.250. The van der Waals surface area contributed by atoms with Crippen molar-refractivity contribution in [3.8, 4) is 5.75 Å². The van der Waals surface area contributed by atoms with Crippen molar-refractivity contribution in [1.82, 2.24) is 10.3 Å². The number of methoxy groups -OCH3 is 1. The number of aromatic amines is 1. The van der Waals surface area contributed by atoms with Gasteiger partial charge in [-0.05, 0) is 54.6 Å². The molecule has 0 radical (unpaired) electrons. The van der Waals surface area contributed by atoms with Crippen LogP contribution in [0.15, 0.2) is 53.3 Å². The van der Waals surface area contributed by atoms with E-state index in [1.165, 1.54) is 5.56 Å². The first-order valence-corrected chi connectivity index (χ1v) is 8.12. The molecule has 1 aromatic heterocycles. The Labute approximate surface area is 141 Å². The third kappa shape index (κ3) is 3.66.